The first-order valence-corrected chi connectivity index (χ1v) is 6.78. The molecule has 1 aromatic rings. The molecule has 0 aliphatic carbocycles. The van der Waals surface area contributed by atoms with Crippen molar-refractivity contribution in [2.75, 3.05) is 20.3 Å². The summed E-state index contributed by atoms with van der Waals surface area (Å²) in [6, 6.07) is 8.36. The summed E-state index contributed by atoms with van der Waals surface area (Å²) in [5.41, 5.74) is 0.520. The maximum Gasteiger partial charge on any atom is 0.0765 e. The summed E-state index contributed by atoms with van der Waals surface area (Å²) in [7, 11) is 1.65. The highest BCUT2D eigenvalue weighted by molar-refractivity contribution is 14.1. The minimum absolute atomic E-state index is 0.572. The largest absolute Gasteiger partial charge is 0.389 e. The second-order valence-electron chi connectivity index (χ2n) is 4.47. The lowest BCUT2D eigenvalue weighted by molar-refractivity contribution is 0.0247. The van der Waals surface area contributed by atoms with Crippen LogP contribution in [-0.4, -0.2) is 31.0 Å². The van der Waals surface area contributed by atoms with E-state index in [1.165, 1.54) is 9.13 Å². The standard InChI is InChI=1S/C13H20INO2/c1-13(16,7-8-17-2)10-15-9-11-3-5-12(14)6-4-11/h3-6,15-16H,7-10H2,1-2H3. The van der Waals surface area contributed by atoms with Crippen LogP contribution in [0.3, 0.4) is 0 Å². The quantitative estimate of drug-likeness (QED) is 0.742. The van der Waals surface area contributed by atoms with Gasteiger partial charge in [-0.15, -0.1) is 0 Å². The zero-order chi connectivity index (χ0) is 12.7. The van der Waals surface area contributed by atoms with Crippen LogP contribution in [0.25, 0.3) is 0 Å². The van der Waals surface area contributed by atoms with Crippen LogP contribution in [0.1, 0.15) is 18.9 Å². The molecule has 1 aromatic carbocycles. The topological polar surface area (TPSA) is 41.5 Å². The van der Waals surface area contributed by atoms with Crippen LogP contribution in [-0.2, 0) is 11.3 Å². The molecule has 1 unspecified atom stereocenters. The molecule has 0 radical (unpaired) electrons. The van der Waals surface area contributed by atoms with Gasteiger partial charge < -0.3 is 15.2 Å². The monoisotopic (exact) mass is 349 g/mol. The molecule has 0 amide bonds. The predicted octanol–water partition coefficient (Wildman–Crippen LogP) is 2.17. The summed E-state index contributed by atoms with van der Waals surface area (Å²) in [6.45, 7) is 3.76. The Hall–Kier alpha value is -0.170. The molecule has 3 nitrogen and oxygen atoms in total. The van der Waals surface area contributed by atoms with Crippen LogP contribution >= 0.6 is 22.6 Å². The lowest BCUT2D eigenvalue weighted by Gasteiger charge is -2.23. The van der Waals surface area contributed by atoms with E-state index in [2.05, 4.69) is 52.2 Å². The minimum Gasteiger partial charge on any atom is -0.389 e. The van der Waals surface area contributed by atoms with Crippen LogP contribution in [0.2, 0.25) is 0 Å². The number of methoxy groups -OCH3 is 1. The van der Waals surface area contributed by atoms with Gasteiger partial charge in [0.1, 0.15) is 0 Å². The molecule has 0 aliphatic heterocycles. The van der Waals surface area contributed by atoms with Crippen molar-refractivity contribution in [1.82, 2.24) is 5.32 Å². The fourth-order valence-corrected chi connectivity index (χ4v) is 1.85. The molecule has 0 heterocycles. The Balaban J connectivity index is 2.29. The van der Waals surface area contributed by atoms with Gasteiger partial charge in [0.15, 0.2) is 0 Å². The third-order valence-corrected chi connectivity index (χ3v) is 3.31. The van der Waals surface area contributed by atoms with E-state index in [0.29, 0.717) is 19.6 Å². The average molecular weight is 349 g/mol. The molecule has 0 spiro atoms. The van der Waals surface area contributed by atoms with E-state index in [4.69, 9.17) is 4.74 Å². The van der Waals surface area contributed by atoms with Gasteiger partial charge in [-0.3, -0.25) is 0 Å². The molecule has 96 valence electrons. The first kappa shape index (κ1) is 14.9. The van der Waals surface area contributed by atoms with Crippen molar-refractivity contribution >= 4 is 22.6 Å². The van der Waals surface area contributed by atoms with Crippen molar-refractivity contribution in [2.24, 2.45) is 0 Å². The number of hydrogen-bond acceptors (Lipinski definition) is 3. The minimum atomic E-state index is -0.709. The molecule has 0 fully saturated rings. The van der Waals surface area contributed by atoms with Gasteiger partial charge in [-0.25, -0.2) is 0 Å². The predicted molar refractivity (Wildman–Crippen MR) is 78.0 cm³/mol. The summed E-state index contributed by atoms with van der Waals surface area (Å²) in [5, 5.41) is 13.3. The van der Waals surface area contributed by atoms with E-state index in [0.717, 1.165) is 6.54 Å². The fraction of sp³-hybridized carbons (Fsp3) is 0.538. The number of ether oxygens (including phenoxy) is 1. The summed E-state index contributed by atoms with van der Waals surface area (Å²) in [5.74, 6) is 0. The Labute approximate surface area is 117 Å². The fourth-order valence-electron chi connectivity index (χ4n) is 1.49. The van der Waals surface area contributed by atoms with Gasteiger partial charge in [0.2, 0.25) is 0 Å². The van der Waals surface area contributed by atoms with Crippen molar-refractivity contribution < 1.29 is 9.84 Å². The smallest absolute Gasteiger partial charge is 0.0765 e. The second kappa shape index (κ2) is 7.31. The first-order chi connectivity index (χ1) is 8.03. The van der Waals surface area contributed by atoms with E-state index < -0.39 is 5.60 Å². The first-order valence-electron chi connectivity index (χ1n) is 5.70. The Morgan fingerprint density at radius 3 is 2.59 bits per heavy atom. The van der Waals surface area contributed by atoms with Gasteiger partial charge in [0.25, 0.3) is 0 Å². The molecule has 4 heteroatoms. The van der Waals surface area contributed by atoms with Crippen molar-refractivity contribution in [3.8, 4) is 0 Å². The Kier molecular flexibility index (Phi) is 6.40. The Morgan fingerprint density at radius 1 is 1.35 bits per heavy atom. The summed E-state index contributed by atoms with van der Waals surface area (Å²) in [4.78, 5) is 0. The normalized spacial score (nSPS) is 14.6. The van der Waals surface area contributed by atoms with Crippen LogP contribution in [0, 0.1) is 3.57 Å². The van der Waals surface area contributed by atoms with Crippen LogP contribution in [0.15, 0.2) is 24.3 Å². The zero-order valence-electron chi connectivity index (χ0n) is 10.4. The maximum absolute atomic E-state index is 10.0. The second-order valence-corrected chi connectivity index (χ2v) is 5.72. The molecule has 17 heavy (non-hydrogen) atoms. The number of halogens is 1. The van der Waals surface area contributed by atoms with Crippen LogP contribution in [0.5, 0.6) is 0 Å². The molecular weight excluding hydrogens is 329 g/mol. The summed E-state index contributed by atoms with van der Waals surface area (Å²) in [6.07, 6.45) is 0.642. The molecule has 0 aliphatic rings. The van der Waals surface area contributed by atoms with E-state index in [-0.39, 0.29) is 0 Å². The average Bonchev–Trinajstić information content (AvgIpc) is 2.29. The Morgan fingerprint density at radius 2 is 2.00 bits per heavy atom. The van der Waals surface area contributed by atoms with E-state index >= 15 is 0 Å². The molecule has 0 saturated heterocycles. The van der Waals surface area contributed by atoms with E-state index in [9.17, 15) is 5.11 Å². The zero-order valence-corrected chi connectivity index (χ0v) is 12.5. The van der Waals surface area contributed by atoms with Gasteiger partial charge in [0.05, 0.1) is 5.60 Å². The summed E-state index contributed by atoms with van der Waals surface area (Å²) >= 11 is 2.29. The molecule has 1 atom stereocenters. The number of nitrogens with one attached hydrogen (secondary N) is 1. The lowest BCUT2D eigenvalue weighted by atomic mass is 10.0. The van der Waals surface area contributed by atoms with E-state index in [1.54, 1.807) is 7.11 Å². The molecule has 0 aromatic heterocycles. The third kappa shape index (κ3) is 6.35. The molecule has 0 bridgehead atoms. The van der Waals surface area contributed by atoms with Gasteiger partial charge in [-0.1, -0.05) is 12.1 Å². The van der Waals surface area contributed by atoms with Crippen molar-refractivity contribution in [2.45, 2.75) is 25.5 Å². The lowest BCUT2D eigenvalue weighted by Crippen LogP contribution is -2.38. The highest BCUT2D eigenvalue weighted by atomic mass is 127. The van der Waals surface area contributed by atoms with Crippen molar-refractivity contribution in [3.63, 3.8) is 0 Å². The van der Waals surface area contributed by atoms with Crippen molar-refractivity contribution in [3.05, 3.63) is 33.4 Å². The molecular formula is C13H20INO2. The van der Waals surface area contributed by atoms with Crippen LogP contribution in [0.4, 0.5) is 0 Å². The van der Waals surface area contributed by atoms with Gasteiger partial charge >= 0.3 is 0 Å². The Bertz CT molecular complexity index is 325. The number of aliphatic hydroxyl groups is 1. The molecule has 0 saturated carbocycles. The van der Waals surface area contributed by atoms with Gasteiger partial charge in [-0.05, 0) is 47.2 Å². The van der Waals surface area contributed by atoms with Crippen molar-refractivity contribution in [1.29, 1.82) is 0 Å². The highest BCUT2D eigenvalue weighted by Gasteiger charge is 2.18. The van der Waals surface area contributed by atoms with Gasteiger partial charge in [-0.2, -0.15) is 0 Å². The highest BCUT2D eigenvalue weighted by Crippen LogP contribution is 2.09. The number of hydrogen-bond donors (Lipinski definition) is 2. The van der Waals surface area contributed by atoms with Gasteiger partial charge in [0, 0.05) is 36.8 Å². The molecule has 1 rings (SSSR count). The molecule has 2 N–H and O–H groups in total. The summed E-state index contributed by atoms with van der Waals surface area (Å²) < 4.78 is 6.20. The number of rotatable bonds is 7. The van der Waals surface area contributed by atoms with E-state index in [1.807, 2.05) is 6.92 Å². The van der Waals surface area contributed by atoms with Crippen LogP contribution < -0.4 is 5.32 Å². The SMILES string of the molecule is COCCC(C)(O)CNCc1ccc(I)cc1. The third-order valence-electron chi connectivity index (χ3n) is 2.59. The maximum atomic E-state index is 10.0. The number of benzene rings is 1.